The van der Waals surface area contributed by atoms with Crippen LogP contribution in [0.2, 0.25) is 0 Å². The maximum Gasteiger partial charge on any atom is 0.393 e. The number of hydrogen-bond acceptors (Lipinski definition) is 3. The van der Waals surface area contributed by atoms with E-state index in [0.29, 0.717) is 0 Å². The van der Waals surface area contributed by atoms with Gasteiger partial charge in [0.2, 0.25) is 0 Å². The van der Waals surface area contributed by atoms with Gasteiger partial charge in [0.15, 0.2) is 0 Å². The Labute approximate surface area is 57.4 Å². The lowest BCUT2D eigenvalue weighted by Gasteiger charge is -2.19. The van der Waals surface area contributed by atoms with Crippen LogP contribution in [0.3, 0.4) is 0 Å². The van der Waals surface area contributed by atoms with Crippen molar-refractivity contribution in [2.75, 3.05) is 6.61 Å². The summed E-state index contributed by atoms with van der Waals surface area (Å²) in [6, 6.07) is -1.42. The normalized spacial score (nSPS) is 26.0. The van der Waals surface area contributed by atoms with Crippen molar-refractivity contribution < 1.29 is 23.8 Å². The second-order valence-corrected chi connectivity index (χ2v) is 3.34. The molecule has 1 unspecified atom stereocenters. The highest BCUT2D eigenvalue weighted by Gasteiger charge is 2.31. The minimum Gasteiger partial charge on any atom is -0.461 e. The van der Waals surface area contributed by atoms with Gasteiger partial charge in [-0.1, -0.05) is 0 Å². The number of ether oxygens (including phenoxy) is 2. The van der Waals surface area contributed by atoms with Crippen LogP contribution in [0.15, 0.2) is 12.3 Å². The number of hydrogen-bond donors (Lipinski definition) is 2. The molecule has 0 aromatic heterocycles. The summed E-state index contributed by atoms with van der Waals surface area (Å²) in [5.41, 5.74) is 0. The second-order valence-electron chi connectivity index (χ2n) is 1.74. The van der Waals surface area contributed by atoms with E-state index < -0.39 is 13.6 Å². The monoisotopic (exact) mass is 166 g/mol. The Morgan fingerprint density at radius 1 is 1.60 bits per heavy atom. The lowest BCUT2D eigenvalue weighted by molar-refractivity contribution is -0.0669. The van der Waals surface area contributed by atoms with Gasteiger partial charge >= 0.3 is 13.6 Å². The fraction of sp³-hybridized carbons (Fsp3) is 0.500. The van der Waals surface area contributed by atoms with Crippen molar-refractivity contribution in [2.24, 2.45) is 0 Å². The first-order valence-corrected chi connectivity index (χ1v) is 4.26. The Kier molecular flexibility index (Phi) is 2.11. The van der Waals surface area contributed by atoms with Crippen LogP contribution in [0.25, 0.3) is 0 Å². The zero-order chi connectivity index (χ0) is 7.61. The molecular weight excluding hydrogens is 159 g/mol. The average Bonchev–Trinajstić information content (AvgIpc) is 1.88. The largest absolute Gasteiger partial charge is 0.461 e. The van der Waals surface area contributed by atoms with E-state index in [2.05, 4.69) is 9.47 Å². The van der Waals surface area contributed by atoms with E-state index in [4.69, 9.17) is 9.79 Å². The van der Waals surface area contributed by atoms with Gasteiger partial charge in [-0.15, -0.1) is 0 Å². The van der Waals surface area contributed by atoms with Gasteiger partial charge in [-0.2, -0.15) is 0 Å². The maximum absolute atomic E-state index is 10.4. The molecule has 10 heavy (non-hydrogen) atoms. The summed E-state index contributed by atoms with van der Waals surface area (Å²) in [5, 5.41) is 0. The molecule has 0 bridgehead atoms. The van der Waals surface area contributed by atoms with Crippen LogP contribution in [0, 0.1) is 0 Å². The Bertz CT molecular complexity index is 182. The van der Waals surface area contributed by atoms with Crippen molar-refractivity contribution in [3.63, 3.8) is 0 Å². The molecule has 0 aromatic rings. The second kappa shape index (κ2) is 2.72. The Morgan fingerprint density at radius 3 is 2.60 bits per heavy atom. The van der Waals surface area contributed by atoms with Gasteiger partial charge in [-0.3, -0.25) is 4.57 Å². The molecule has 0 aliphatic carbocycles. The summed E-state index contributed by atoms with van der Waals surface area (Å²) in [6.07, 6.45) is 2.74. The van der Waals surface area contributed by atoms with E-state index in [1.165, 1.54) is 12.3 Å². The van der Waals surface area contributed by atoms with Gasteiger partial charge in [0, 0.05) is 0 Å². The average molecular weight is 166 g/mol. The summed E-state index contributed by atoms with van der Waals surface area (Å²) in [7, 11) is -4.24. The van der Waals surface area contributed by atoms with Crippen LogP contribution in [0.1, 0.15) is 0 Å². The van der Waals surface area contributed by atoms with Gasteiger partial charge < -0.3 is 19.3 Å². The molecule has 0 saturated carbocycles. The highest BCUT2D eigenvalue weighted by Crippen LogP contribution is 2.43. The molecule has 1 heterocycles. The molecule has 5 nitrogen and oxygen atoms in total. The molecule has 0 radical (unpaired) electrons. The summed E-state index contributed by atoms with van der Waals surface area (Å²) < 4.78 is 19.4. The first-order chi connectivity index (χ1) is 4.61. The molecule has 1 atom stereocenters. The van der Waals surface area contributed by atoms with E-state index in [9.17, 15) is 4.57 Å². The van der Waals surface area contributed by atoms with Crippen LogP contribution in [-0.4, -0.2) is 22.4 Å². The van der Waals surface area contributed by atoms with Gasteiger partial charge in [-0.25, -0.2) is 0 Å². The third-order valence-electron chi connectivity index (χ3n) is 0.901. The van der Waals surface area contributed by atoms with Crippen molar-refractivity contribution >= 4 is 7.60 Å². The van der Waals surface area contributed by atoms with Gasteiger partial charge in [0.1, 0.15) is 0 Å². The molecule has 0 saturated heterocycles. The van der Waals surface area contributed by atoms with E-state index in [1.54, 1.807) is 0 Å². The van der Waals surface area contributed by atoms with Crippen LogP contribution in [0.5, 0.6) is 0 Å². The highest BCUT2D eigenvalue weighted by molar-refractivity contribution is 7.52. The van der Waals surface area contributed by atoms with Crippen molar-refractivity contribution in [3.05, 3.63) is 12.3 Å². The summed E-state index contributed by atoms with van der Waals surface area (Å²) >= 11 is 0. The molecule has 58 valence electrons. The molecule has 2 N–H and O–H groups in total. The third-order valence-corrected chi connectivity index (χ3v) is 1.72. The molecular formula is C4H7O5P. The molecule has 0 fully saturated rings. The lowest BCUT2D eigenvalue weighted by Crippen LogP contribution is -2.18. The quantitative estimate of drug-likeness (QED) is 0.536. The fourth-order valence-electron chi connectivity index (χ4n) is 0.516. The zero-order valence-corrected chi connectivity index (χ0v) is 5.90. The summed E-state index contributed by atoms with van der Waals surface area (Å²) in [6.45, 7) is 0.176. The predicted molar refractivity (Wildman–Crippen MR) is 32.0 cm³/mol. The third kappa shape index (κ3) is 1.82. The first-order valence-electron chi connectivity index (χ1n) is 2.58. The van der Waals surface area contributed by atoms with Crippen molar-refractivity contribution in [2.45, 2.75) is 6.03 Å². The molecule has 1 aliphatic rings. The van der Waals surface area contributed by atoms with E-state index in [-0.39, 0.29) is 6.61 Å². The van der Waals surface area contributed by atoms with E-state index in [0.717, 1.165) is 0 Å². The highest BCUT2D eigenvalue weighted by atomic mass is 31.2. The molecule has 0 aromatic carbocycles. The van der Waals surface area contributed by atoms with Crippen LogP contribution in [0.4, 0.5) is 0 Å². The minimum absolute atomic E-state index is 0.176. The smallest absolute Gasteiger partial charge is 0.393 e. The van der Waals surface area contributed by atoms with Crippen LogP contribution in [-0.2, 0) is 14.0 Å². The predicted octanol–water partition coefficient (Wildman–Crippen LogP) is 0.00820. The lowest BCUT2D eigenvalue weighted by atomic mass is 10.7. The van der Waals surface area contributed by atoms with Crippen molar-refractivity contribution in [3.8, 4) is 0 Å². The fourth-order valence-corrected chi connectivity index (χ4v) is 1.02. The van der Waals surface area contributed by atoms with Crippen LogP contribution < -0.4 is 0 Å². The summed E-state index contributed by atoms with van der Waals surface area (Å²) in [5.74, 6) is 0. The Balaban J connectivity index is 2.58. The Morgan fingerprint density at radius 2 is 2.30 bits per heavy atom. The van der Waals surface area contributed by atoms with E-state index >= 15 is 0 Å². The van der Waals surface area contributed by atoms with Crippen LogP contribution >= 0.6 is 7.60 Å². The SMILES string of the molecule is O=P(O)(O)C1OC=CCO1. The van der Waals surface area contributed by atoms with E-state index in [1.807, 2.05) is 0 Å². The van der Waals surface area contributed by atoms with Crippen molar-refractivity contribution in [1.82, 2.24) is 0 Å². The van der Waals surface area contributed by atoms with Gasteiger partial charge in [-0.05, 0) is 6.08 Å². The molecule has 0 spiro atoms. The standard InChI is InChI=1S/C4H7O5P/c5-10(6,7)4-8-2-1-3-9-4/h1-2,4H,3H2,(H2,5,6,7). The molecule has 6 heteroatoms. The molecule has 0 amide bonds. The van der Waals surface area contributed by atoms with Crippen molar-refractivity contribution in [1.29, 1.82) is 0 Å². The maximum atomic E-state index is 10.4. The zero-order valence-electron chi connectivity index (χ0n) is 5.01. The Hall–Kier alpha value is -0.350. The first kappa shape index (κ1) is 7.75. The molecule has 1 aliphatic heterocycles. The van der Waals surface area contributed by atoms with Gasteiger partial charge in [0.05, 0.1) is 12.9 Å². The minimum atomic E-state index is -4.24. The number of rotatable bonds is 1. The topological polar surface area (TPSA) is 76.0 Å². The summed E-state index contributed by atoms with van der Waals surface area (Å²) in [4.78, 5) is 16.9. The van der Waals surface area contributed by atoms with Gasteiger partial charge in [0.25, 0.3) is 0 Å². The molecule has 1 rings (SSSR count).